The molecule has 0 unspecified atom stereocenters. The second-order valence-corrected chi connectivity index (χ2v) is 3.57. The van der Waals surface area contributed by atoms with Crippen molar-refractivity contribution in [3.8, 4) is 0 Å². The van der Waals surface area contributed by atoms with Crippen LogP contribution in [0.25, 0.3) is 0 Å². The van der Waals surface area contributed by atoms with Gasteiger partial charge in [0.1, 0.15) is 6.10 Å². The molecule has 1 aromatic rings. The smallest absolute Gasteiger partial charge is 0.104 e. The minimum absolute atomic E-state index is 0.0995. The molecule has 1 atom stereocenters. The van der Waals surface area contributed by atoms with Crippen molar-refractivity contribution >= 4 is 0 Å². The Labute approximate surface area is 90.0 Å². The molecule has 82 valence electrons. The minimum Gasteiger partial charge on any atom is -0.376 e. The Kier molecular flexibility index (Phi) is 4.14. The highest BCUT2D eigenvalue weighted by atomic mass is 16.6. The van der Waals surface area contributed by atoms with E-state index in [-0.39, 0.29) is 6.10 Å². The predicted octanol–water partition coefficient (Wildman–Crippen LogP) is 1.62. The summed E-state index contributed by atoms with van der Waals surface area (Å²) in [6.07, 6.45) is 0.0995. The van der Waals surface area contributed by atoms with Gasteiger partial charge in [0.25, 0.3) is 0 Å². The molecule has 1 fully saturated rings. The Morgan fingerprint density at radius 2 is 2.07 bits per heavy atom. The second-order valence-electron chi connectivity index (χ2n) is 3.57. The molecule has 0 amide bonds. The fraction of sp³-hybridized carbons (Fsp3) is 0.500. The van der Waals surface area contributed by atoms with E-state index in [4.69, 9.17) is 14.2 Å². The van der Waals surface area contributed by atoms with Crippen molar-refractivity contribution in [1.82, 2.24) is 0 Å². The van der Waals surface area contributed by atoms with Crippen LogP contribution in [-0.4, -0.2) is 32.5 Å². The first kappa shape index (κ1) is 10.6. The van der Waals surface area contributed by atoms with E-state index in [2.05, 4.69) is 12.1 Å². The van der Waals surface area contributed by atoms with E-state index in [1.54, 1.807) is 0 Å². The zero-order valence-electron chi connectivity index (χ0n) is 8.72. The topological polar surface area (TPSA) is 27.7 Å². The lowest BCUT2D eigenvalue weighted by Gasteiger charge is -2.22. The molecule has 0 radical (unpaired) electrons. The van der Waals surface area contributed by atoms with Crippen LogP contribution in [0.15, 0.2) is 30.3 Å². The van der Waals surface area contributed by atoms with Crippen molar-refractivity contribution in [2.75, 3.05) is 26.4 Å². The molecule has 1 aromatic carbocycles. The Balaban J connectivity index is 1.66. The molecular formula is C12H16O3. The maximum Gasteiger partial charge on any atom is 0.104 e. The fourth-order valence-electron chi connectivity index (χ4n) is 1.52. The molecule has 3 heteroatoms. The normalized spacial score (nSPS) is 21.5. The van der Waals surface area contributed by atoms with E-state index >= 15 is 0 Å². The summed E-state index contributed by atoms with van der Waals surface area (Å²) in [7, 11) is 0. The van der Waals surface area contributed by atoms with E-state index in [9.17, 15) is 0 Å². The van der Waals surface area contributed by atoms with Gasteiger partial charge >= 0.3 is 0 Å². The Hall–Kier alpha value is -0.900. The summed E-state index contributed by atoms with van der Waals surface area (Å²) in [5.74, 6) is 0. The summed E-state index contributed by atoms with van der Waals surface area (Å²) < 4.78 is 16.3. The zero-order valence-corrected chi connectivity index (χ0v) is 8.72. The Morgan fingerprint density at radius 1 is 1.20 bits per heavy atom. The highest BCUT2D eigenvalue weighted by Crippen LogP contribution is 2.04. The molecule has 1 saturated heterocycles. The lowest BCUT2D eigenvalue weighted by Crippen LogP contribution is -2.32. The summed E-state index contributed by atoms with van der Waals surface area (Å²) in [5.41, 5.74) is 1.19. The molecular weight excluding hydrogens is 192 g/mol. The van der Waals surface area contributed by atoms with Gasteiger partial charge in [-0.05, 0) is 5.56 Å². The van der Waals surface area contributed by atoms with E-state index < -0.39 is 0 Å². The summed E-state index contributed by atoms with van der Waals surface area (Å²) in [4.78, 5) is 0. The number of hydrogen-bond acceptors (Lipinski definition) is 3. The van der Waals surface area contributed by atoms with Crippen LogP contribution in [-0.2, 0) is 20.8 Å². The van der Waals surface area contributed by atoms with Crippen molar-refractivity contribution in [3.05, 3.63) is 35.9 Å². The van der Waals surface area contributed by atoms with E-state index in [0.717, 1.165) is 0 Å². The number of benzene rings is 1. The van der Waals surface area contributed by atoms with E-state index in [0.29, 0.717) is 33.0 Å². The highest BCUT2D eigenvalue weighted by Gasteiger charge is 2.13. The van der Waals surface area contributed by atoms with Gasteiger partial charge in [-0.3, -0.25) is 0 Å². The molecule has 0 aromatic heterocycles. The molecule has 0 saturated carbocycles. The van der Waals surface area contributed by atoms with Gasteiger partial charge in [0.05, 0.1) is 33.0 Å². The molecule has 1 aliphatic rings. The second kappa shape index (κ2) is 5.85. The molecule has 1 aliphatic heterocycles. The lowest BCUT2D eigenvalue weighted by molar-refractivity contribution is -0.117. The van der Waals surface area contributed by atoms with Crippen molar-refractivity contribution in [2.45, 2.75) is 12.7 Å². The Bertz CT molecular complexity index is 267. The minimum atomic E-state index is 0.0995. The van der Waals surface area contributed by atoms with Crippen molar-refractivity contribution in [1.29, 1.82) is 0 Å². The first-order valence-electron chi connectivity index (χ1n) is 5.26. The first-order chi connectivity index (χ1) is 7.45. The molecule has 0 aliphatic carbocycles. The summed E-state index contributed by atoms with van der Waals surface area (Å²) in [5, 5.41) is 0. The van der Waals surface area contributed by atoms with Crippen molar-refractivity contribution in [3.63, 3.8) is 0 Å². The number of ether oxygens (including phenoxy) is 3. The molecule has 0 bridgehead atoms. The van der Waals surface area contributed by atoms with Crippen LogP contribution in [0.4, 0.5) is 0 Å². The first-order valence-corrected chi connectivity index (χ1v) is 5.26. The predicted molar refractivity (Wildman–Crippen MR) is 56.7 cm³/mol. The maximum atomic E-state index is 5.55. The van der Waals surface area contributed by atoms with Gasteiger partial charge in [-0.25, -0.2) is 0 Å². The third-order valence-corrected chi connectivity index (χ3v) is 2.30. The molecule has 0 N–H and O–H groups in total. The summed E-state index contributed by atoms with van der Waals surface area (Å²) in [6.45, 7) is 3.28. The van der Waals surface area contributed by atoms with Crippen LogP contribution in [0.5, 0.6) is 0 Å². The van der Waals surface area contributed by atoms with Crippen LogP contribution in [0.2, 0.25) is 0 Å². The van der Waals surface area contributed by atoms with E-state index in [1.165, 1.54) is 5.56 Å². The standard InChI is InChI=1S/C12H16O3/c1-2-4-11(5-3-1)8-14-10-12-9-13-6-7-15-12/h1-5,12H,6-10H2/t12-/m1/s1. The van der Waals surface area contributed by atoms with Gasteiger partial charge < -0.3 is 14.2 Å². The van der Waals surface area contributed by atoms with Gasteiger partial charge in [-0.1, -0.05) is 30.3 Å². The van der Waals surface area contributed by atoms with Crippen LogP contribution in [0, 0.1) is 0 Å². The average molecular weight is 208 g/mol. The van der Waals surface area contributed by atoms with Gasteiger partial charge in [0.2, 0.25) is 0 Å². The van der Waals surface area contributed by atoms with Gasteiger partial charge in [0.15, 0.2) is 0 Å². The molecule has 15 heavy (non-hydrogen) atoms. The monoisotopic (exact) mass is 208 g/mol. The van der Waals surface area contributed by atoms with Crippen molar-refractivity contribution < 1.29 is 14.2 Å². The zero-order chi connectivity index (χ0) is 10.3. The molecule has 0 spiro atoms. The lowest BCUT2D eigenvalue weighted by atomic mass is 10.2. The number of hydrogen-bond donors (Lipinski definition) is 0. The SMILES string of the molecule is c1ccc(COC[C@H]2COCCO2)cc1. The summed E-state index contributed by atoms with van der Waals surface area (Å²) in [6, 6.07) is 10.1. The molecule has 1 heterocycles. The quantitative estimate of drug-likeness (QED) is 0.752. The van der Waals surface area contributed by atoms with Crippen LogP contribution in [0.1, 0.15) is 5.56 Å². The van der Waals surface area contributed by atoms with Crippen LogP contribution >= 0.6 is 0 Å². The van der Waals surface area contributed by atoms with Crippen molar-refractivity contribution in [2.24, 2.45) is 0 Å². The number of rotatable bonds is 4. The summed E-state index contributed by atoms with van der Waals surface area (Å²) >= 11 is 0. The molecule has 3 nitrogen and oxygen atoms in total. The van der Waals surface area contributed by atoms with Gasteiger partial charge in [0, 0.05) is 0 Å². The van der Waals surface area contributed by atoms with Gasteiger partial charge in [-0.15, -0.1) is 0 Å². The largest absolute Gasteiger partial charge is 0.376 e. The van der Waals surface area contributed by atoms with Crippen LogP contribution in [0.3, 0.4) is 0 Å². The Morgan fingerprint density at radius 3 is 2.80 bits per heavy atom. The average Bonchev–Trinajstić information content (AvgIpc) is 2.32. The molecule has 2 rings (SSSR count). The van der Waals surface area contributed by atoms with Gasteiger partial charge in [-0.2, -0.15) is 0 Å². The van der Waals surface area contributed by atoms with E-state index in [1.807, 2.05) is 18.2 Å². The highest BCUT2D eigenvalue weighted by molar-refractivity contribution is 5.13. The van der Waals surface area contributed by atoms with Crippen LogP contribution < -0.4 is 0 Å². The fourth-order valence-corrected chi connectivity index (χ4v) is 1.52. The third kappa shape index (κ3) is 3.63. The maximum absolute atomic E-state index is 5.55. The third-order valence-electron chi connectivity index (χ3n) is 2.30.